The molecule has 0 radical (unpaired) electrons. The predicted octanol–water partition coefficient (Wildman–Crippen LogP) is 3.39. The van der Waals surface area contributed by atoms with Crippen molar-refractivity contribution < 1.29 is 9.59 Å². The average Bonchev–Trinajstić information content (AvgIpc) is 3.24. The highest BCUT2D eigenvalue weighted by Gasteiger charge is 2.28. The third-order valence-electron chi connectivity index (χ3n) is 4.37. The number of rotatable bonds is 5. The van der Waals surface area contributed by atoms with E-state index in [4.69, 9.17) is 17.3 Å². The molecule has 3 amide bonds. The number of hydrogen-bond donors (Lipinski definition) is 2. The molecular weight excluding hydrogens is 374 g/mol. The number of benzene rings is 1. The number of urea groups is 1. The van der Waals surface area contributed by atoms with Crippen LogP contribution in [0, 0.1) is 0 Å². The van der Waals surface area contributed by atoms with E-state index in [2.05, 4.69) is 20.1 Å². The van der Waals surface area contributed by atoms with E-state index in [-0.39, 0.29) is 6.04 Å². The number of aromatic nitrogens is 3. The number of amides is 3. The van der Waals surface area contributed by atoms with Crippen molar-refractivity contribution in [2.45, 2.75) is 49.1 Å². The zero-order valence-electron chi connectivity index (χ0n) is 14.3. The van der Waals surface area contributed by atoms with Crippen molar-refractivity contribution in [3.63, 3.8) is 0 Å². The molecule has 1 heterocycles. The lowest BCUT2D eigenvalue weighted by Gasteiger charge is -2.18. The first kappa shape index (κ1) is 18.7. The van der Waals surface area contributed by atoms with Gasteiger partial charge in [0.15, 0.2) is 11.0 Å². The molecular formula is C17H20ClN5O2S. The minimum absolute atomic E-state index is 0.269. The van der Waals surface area contributed by atoms with Gasteiger partial charge in [-0.1, -0.05) is 48.3 Å². The first-order valence-corrected chi connectivity index (χ1v) is 9.70. The topological polar surface area (TPSA) is 103 Å². The highest BCUT2D eigenvalue weighted by molar-refractivity contribution is 8.00. The number of halogens is 1. The average molecular weight is 394 g/mol. The second kappa shape index (κ2) is 8.09. The van der Waals surface area contributed by atoms with E-state index in [9.17, 15) is 9.59 Å². The molecule has 1 atom stereocenters. The normalized spacial score (nSPS) is 15.8. The second-order valence-electron chi connectivity index (χ2n) is 6.21. The third kappa shape index (κ3) is 4.02. The van der Waals surface area contributed by atoms with E-state index in [0.29, 0.717) is 16.0 Å². The Morgan fingerprint density at radius 1 is 1.31 bits per heavy atom. The van der Waals surface area contributed by atoms with Crippen LogP contribution in [0.4, 0.5) is 4.79 Å². The SMILES string of the molecule is C[C@@H](Sc1nnc(-c2ccccc2Cl)n1C1CCCC1)C(=O)NC(N)=O. The first-order chi connectivity index (χ1) is 12.5. The smallest absolute Gasteiger partial charge is 0.318 e. The van der Waals surface area contributed by atoms with Crippen LogP contribution >= 0.6 is 23.4 Å². The lowest BCUT2D eigenvalue weighted by atomic mass is 10.2. The number of carbonyl (C=O) groups excluding carboxylic acids is 2. The van der Waals surface area contributed by atoms with Gasteiger partial charge in [-0.25, -0.2) is 4.79 Å². The predicted molar refractivity (Wildman–Crippen MR) is 101 cm³/mol. The van der Waals surface area contributed by atoms with E-state index in [1.54, 1.807) is 6.92 Å². The second-order valence-corrected chi connectivity index (χ2v) is 7.92. The molecule has 0 saturated heterocycles. The van der Waals surface area contributed by atoms with Gasteiger partial charge in [0.2, 0.25) is 5.91 Å². The summed E-state index contributed by atoms with van der Waals surface area (Å²) in [6.45, 7) is 1.70. The summed E-state index contributed by atoms with van der Waals surface area (Å²) in [5.41, 5.74) is 5.84. The van der Waals surface area contributed by atoms with Gasteiger partial charge < -0.3 is 5.73 Å². The largest absolute Gasteiger partial charge is 0.351 e. The van der Waals surface area contributed by atoms with E-state index in [0.717, 1.165) is 31.2 Å². The fraction of sp³-hybridized carbons (Fsp3) is 0.412. The van der Waals surface area contributed by atoms with E-state index < -0.39 is 17.2 Å². The number of carbonyl (C=O) groups is 2. The van der Waals surface area contributed by atoms with E-state index in [1.165, 1.54) is 11.8 Å². The molecule has 7 nitrogen and oxygen atoms in total. The monoisotopic (exact) mass is 393 g/mol. The van der Waals surface area contributed by atoms with Gasteiger partial charge in [0.1, 0.15) is 0 Å². The maximum Gasteiger partial charge on any atom is 0.318 e. The molecule has 3 N–H and O–H groups in total. The van der Waals surface area contributed by atoms with Crippen LogP contribution < -0.4 is 11.1 Å². The third-order valence-corrected chi connectivity index (χ3v) is 5.75. The van der Waals surface area contributed by atoms with Crippen molar-refractivity contribution in [2.24, 2.45) is 5.73 Å². The Morgan fingerprint density at radius 3 is 2.65 bits per heavy atom. The number of nitrogens with two attached hydrogens (primary N) is 1. The fourth-order valence-electron chi connectivity index (χ4n) is 3.11. The maximum atomic E-state index is 12.0. The van der Waals surface area contributed by atoms with Crippen LogP contribution in [0.3, 0.4) is 0 Å². The van der Waals surface area contributed by atoms with E-state index >= 15 is 0 Å². The zero-order valence-corrected chi connectivity index (χ0v) is 15.9. The molecule has 1 fully saturated rings. The standard InChI is InChI=1S/C17H20ClN5O2S/c1-10(15(24)20-16(19)25)26-17-22-21-14(12-8-4-5-9-13(12)18)23(17)11-6-2-3-7-11/h4-5,8-11H,2-3,6-7H2,1H3,(H3,19,20,24,25)/t10-/m1/s1. The number of nitrogens with one attached hydrogen (secondary N) is 1. The summed E-state index contributed by atoms with van der Waals surface area (Å²) in [5.74, 6) is 0.246. The maximum absolute atomic E-state index is 12.0. The minimum atomic E-state index is -0.864. The van der Waals surface area contributed by atoms with Crippen molar-refractivity contribution in [1.29, 1.82) is 0 Å². The minimum Gasteiger partial charge on any atom is -0.351 e. The van der Waals surface area contributed by atoms with Crippen molar-refractivity contribution in [3.8, 4) is 11.4 Å². The summed E-state index contributed by atoms with van der Waals surface area (Å²) in [4.78, 5) is 22.9. The molecule has 3 rings (SSSR count). The van der Waals surface area contributed by atoms with Crippen molar-refractivity contribution in [2.75, 3.05) is 0 Å². The van der Waals surface area contributed by atoms with Crippen molar-refractivity contribution >= 4 is 35.3 Å². The Labute approximate surface area is 160 Å². The van der Waals surface area contributed by atoms with Crippen molar-refractivity contribution in [3.05, 3.63) is 29.3 Å². The number of nitrogens with zero attached hydrogens (tertiary/aromatic N) is 3. The van der Waals surface area contributed by atoms with Gasteiger partial charge >= 0.3 is 6.03 Å². The number of imide groups is 1. The van der Waals surface area contributed by atoms with Gasteiger partial charge in [0.05, 0.1) is 10.3 Å². The van der Waals surface area contributed by atoms with Crippen LogP contribution in [0.1, 0.15) is 38.6 Å². The Kier molecular flexibility index (Phi) is 5.83. The van der Waals surface area contributed by atoms with Gasteiger partial charge in [-0.15, -0.1) is 10.2 Å². The fourth-order valence-corrected chi connectivity index (χ4v) is 4.25. The molecule has 0 bridgehead atoms. The Bertz CT molecular complexity index is 819. The molecule has 26 heavy (non-hydrogen) atoms. The van der Waals surface area contributed by atoms with Crippen LogP contribution in [-0.4, -0.2) is 32.0 Å². The summed E-state index contributed by atoms with van der Waals surface area (Å²) in [7, 11) is 0. The van der Waals surface area contributed by atoms with Crippen LogP contribution in [-0.2, 0) is 4.79 Å². The molecule has 0 aliphatic heterocycles. The summed E-state index contributed by atoms with van der Waals surface area (Å²) < 4.78 is 2.08. The van der Waals surface area contributed by atoms with Crippen molar-refractivity contribution in [1.82, 2.24) is 20.1 Å². The Morgan fingerprint density at radius 2 is 2.00 bits per heavy atom. The molecule has 1 aliphatic carbocycles. The molecule has 0 unspecified atom stereocenters. The molecule has 9 heteroatoms. The summed E-state index contributed by atoms with van der Waals surface area (Å²) in [6.07, 6.45) is 4.36. The molecule has 1 aliphatic rings. The van der Waals surface area contributed by atoms with Crippen LogP contribution in [0.25, 0.3) is 11.4 Å². The molecule has 1 aromatic carbocycles. The van der Waals surface area contributed by atoms with Crippen LogP contribution in [0.2, 0.25) is 5.02 Å². The van der Waals surface area contributed by atoms with Crippen LogP contribution in [0.15, 0.2) is 29.4 Å². The van der Waals surface area contributed by atoms with Gasteiger partial charge in [-0.05, 0) is 31.9 Å². The summed E-state index contributed by atoms with van der Waals surface area (Å²) >= 11 is 7.61. The summed E-state index contributed by atoms with van der Waals surface area (Å²) in [6, 6.07) is 6.91. The lowest BCUT2D eigenvalue weighted by molar-refractivity contribution is -0.119. The van der Waals surface area contributed by atoms with Gasteiger partial charge in [-0.2, -0.15) is 0 Å². The van der Waals surface area contributed by atoms with E-state index in [1.807, 2.05) is 24.3 Å². The number of primary amides is 1. The molecule has 1 saturated carbocycles. The highest BCUT2D eigenvalue weighted by Crippen LogP contribution is 2.38. The zero-order chi connectivity index (χ0) is 18.7. The Hall–Kier alpha value is -2.06. The molecule has 138 valence electrons. The first-order valence-electron chi connectivity index (χ1n) is 8.44. The highest BCUT2D eigenvalue weighted by atomic mass is 35.5. The quantitative estimate of drug-likeness (QED) is 0.758. The lowest BCUT2D eigenvalue weighted by Crippen LogP contribution is -2.39. The van der Waals surface area contributed by atoms with Gasteiger partial charge in [-0.3, -0.25) is 14.7 Å². The summed E-state index contributed by atoms with van der Waals surface area (Å²) in [5, 5.41) is 11.5. The molecule has 2 aromatic rings. The van der Waals surface area contributed by atoms with Crippen LogP contribution in [0.5, 0.6) is 0 Å². The number of thioether (sulfide) groups is 1. The van der Waals surface area contributed by atoms with Gasteiger partial charge in [0.25, 0.3) is 0 Å². The molecule has 1 aromatic heterocycles. The Balaban J connectivity index is 1.94. The number of hydrogen-bond acceptors (Lipinski definition) is 5. The molecule has 0 spiro atoms. The van der Waals surface area contributed by atoms with Gasteiger partial charge in [0, 0.05) is 11.6 Å².